The minimum Gasteiger partial charge on any atom is -0.480 e. The number of carbonyl (C=O) groups is 2. The summed E-state index contributed by atoms with van der Waals surface area (Å²) in [4.78, 5) is 24.1. The SMILES string of the molecule is COC1CC(C(=O)O)N(C(=O)C(C)S(C)(=O)=O)C1. The van der Waals surface area contributed by atoms with Crippen molar-refractivity contribution in [3.05, 3.63) is 0 Å². The van der Waals surface area contributed by atoms with E-state index in [2.05, 4.69) is 0 Å². The third kappa shape index (κ3) is 2.99. The number of carboxylic acid groups (broad SMARTS) is 1. The van der Waals surface area contributed by atoms with E-state index in [1.807, 2.05) is 0 Å². The highest BCUT2D eigenvalue weighted by Gasteiger charge is 2.42. The second kappa shape index (κ2) is 5.23. The molecule has 3 unspecified atom stereocenters. The number of rotatable bonds is 4. The standard InChI is InChI=1S/C10H17NO6S/c1-6(18(3,15)16)9(12)11-5-7(17-2)4-8(11)10(13)14/h6-8H,4-5H2,1-3H3,(H,13,14). The van der Waals surface area contributed by atoms with E-state index in [0.29, 0.717) is 0 Å². The first-order valence-electron chi connectivity index (χ1n) is 5.43. The third-order valence-electron chi connectivity index (χ3n) is 3.15. The molecule has 18 heavy (non-hydrogen) atoms. The molecule has 104 valence electrons. The lowest BCUT2D eigenvalue weighted by Crippen LogP contribution is -2.46. The molecule has 7 nitrogen and oxygen atoms in total. The molecule has 0 saturated carbocycles. The van der Waals surface area contributed by atoms with Crippen molar-refractivity contribution in [1.82, 2.24) is 4.90 Å². The fourth-order valence-corrected chi connectivity index (χ4v) is 2.36. The lowest BCUT2D eigenvalue weighted by molar-refractivity contribution is -0.147. The maximum absolute atomic E-state index is 12.0. The van der Waals surface area contributed by atoms with Crippen LogP contribution in [0.4, 0.5) is 0 Å². The normalized spacial score (nSPS) is 26.1. The largest absolute Gasteiger partial charge is 0.480 e. The highest BCUT2D eigenvalue weighted by molar-refractivity contribution is 7.92. The summed E-state index contributed by atoms with van der Waals surface area (Å²) in [6, 6.07) is -1.02. The Morgan fingerprint density at radius 3 is 2.39 bits per heavy atom. The molecule has 0 spiro atoms. The van der Waals surface area contributed by atoms with Gasteiger partial charge in [0.25, 0.3) is 0 Å². The van der Waals surface area contributed by atoms with E-state index >= 15 is 0 Å². The van der Waals surface area contributed by atoms with Crippen LogP contribution in [0.3, 0.4) is 0 Å². The van der Waals surface area contributed by atoms with Gasteiger partial charge in [0.1, 0.15) is 11.3 Å². The average Bonchev–Trinajstić information content (AvgIpc) is 2.69. The molecule has 1 aliphatic rings. The minimum atomic E-state index is -3.54. The summed E-state index contributed by atoms with van der Waals surface area (Å²) in [5.41, 5.74) is 0. The van der Waals surface area contributed by atoms with Gasteiger partial charge in [0, 0.05) is 26.3 Å². The summed E-state index contributed by atoms with van der Waals surface area (Å²) in [7, 11) is -2.11. The van der Waals surface area contributed by atoms with E-state index < -0.39 is 33.0 Å². The number of methoxy groups -OCH3 is 1. The van der Waals surface area contributed by atoms with Gasteiger partial charge in [0.05, 0.1) is 6.10 Å². The Balaban J connectivity index is 2.93. The molecule has 8 heteroatoms. The molecule has 0 aliphatic carbocycles. The van der Waals surface area contributed by atoms with E-state index in [1.54, 1.807) is 0 Å². The van der Waals surface area contributed by atoms with Crippen molar-refractivity contribution in [3.63, 3.8) is 0 Å². The van der Waals surface area contributed by atoms with E-state index in [1.165, 1.54) is 14.0 Å². The molecule has 0 bridgehead atoms. The summed E-state index contributed by atoms with van der Waals surface area (Å²) >= 11 is 0. The van der Waals surface area contributed by atoms with Crippen molar-refractivity contribution in [2.75, 3.05) is 19.9 Å². The first-order chi connectivity index (χ1) is 8.18. The maximum Gasteiger partial charge on any atom is 0.326 e. The maximum atomic E-state index is 12.0. The van der Waals surface area contributed by atoms with Crippen LogP contribution in [-0.2, 0) is 24.2 Å². The zero-order valence-corrected chi connectivity index (χ0v) is 11.3. The van der Waals surface area contributed by atoms with E-state index in [0.717, 1.165) is 11.2 Å². The van der Waals surface area contributed by atoms with E-state index in [9.17, 15) is 18.0 Å². The predicted octanol–water partition coefficient (Wildman–Crippen LogP) is -0.880. The molecule has 1 aliphatic heterocycles. The van der Waals surface area contributed by atoms with Gasteiger partial charge < -0.3 is 14.7 Å². The van der Waals surface area contributed by atoms with E-state index in [4.69, 9.17) is 9.84 Å². The van der Waals surface area contributed by atoms with Gasteiger partial charge in [-0.25, -0.2) is 13.2 Å². The van der Waals surface area contributed by atoms with Crippen LogP contribution in [0.15, 0.2) is 0 Å². The lowest BCUT2D eigenvalue weighted by atomic mass is 10.2. The van der Waals surface area contributed by atoms with Gasteiger partial charge in [-0.3, -0.25) is 4.79 Å². The molecular formula is C10H17NO6S. The van der Waals surface area contributed by atoms with Crippen LogP contribution >= 0.6 is 0 Å². The molecule has 0 radical (unpaired) electrons. The minimum absolute atomic E-state index is 0.103. The molecule has 0 aromatic rings. The number of hydrogen-bond donors (Lipinski definition) is 1. The molecular weight excluding hydrogens is 262 g/mol. The Kier molecular flexibility index (Phi) is 4.33. The van der Waals surface area contributed by atoms with Crippen LogP contribution in [0.1, 0.15) is 13.3 Å². The molecule has 0 aromatic heterocycles. The second-order valence-electron chi connectivity index (χ2n) is 4.41. The van der Waals surface area contributed by atoms with Crippen LogP contribution in [0.5, 0.6) is 0 Å². The smallest absolute Gasteiger partial charge is 0.326 e. The van der Waals surface area contributed by atoms with Crippen molar-refractivity contribution in [1.29, 1.82) is 0 Å². The number of carbonyl (C=O) groups excluding carboxylic acids is 1. The van der Waals surface area contributed by atoms with Crippen molar-refractivity contribution in [3.8, 4) is 0 Å². The summed E-state index contributed by atoms with van der Waals surface area (Å²) in [6.45, 7) is 1.36. The number of sulfone groups is 1. The molecule has 1 heterocycles. The van der Waals surface area contributed by atoms with Gasteiger partial charge in [-0.05, 0) is 6.92 Å². The molecule has 1 N–H and O–H groups in total. The van der Waals surface area contributed by atoms with Crippen LogP contribution in [0.25, 0.3) is 0 Å². The zero-order valence-electron chi connectivity index (χ0n) is 10.5. The van der Waals surface area contributed by atoms with Gasteiger partial charge >= 0.3 is 5.97 Å². The number of nitrogens with zero attached hydrogens (tertiary/aromatic N) is 1. The molecule has 1 saturated heterocycles. The van der Waals surface area contributed by atoms with Gasteiger partial charge in [0.2, 0.25) is 5.91 Å². The fraction of sp³-hybridized carbons (Fsp3) is 0.800. The summed E-state index contributed by atoms with van der Waals surface area (Å²) < 4.78 is 27.7. The number of carboxylic acids is 1. The molecule has 1 rings (SSSR count). The topological polar surface area (TPSA) is 101 Å². The Labute approximate surface area is 106 Å². The monoisotopic (exact) mass is 279 g/mol. The van der Waals surface area contributed by atoms with Crippen LogP contribution in [0.2, 0.25) is 0 Å². The number of ether oxygens (including phenoxy) is 1. The quantitative estimate of drug-likeness (QED) is 0.717. The van der Waals surface area contributed by atoms with Gasteiger partial charge in [0.15, 0.2) is 9.84 Å². The average molecular weight is 279 g/mol. The van der Waals surface area contributed by atoms with Gasteiger partial charge in [-0.1, -0.05) is 0 Å². The fourth-order valence-electron chi connectivity index (χ4n) is 1.86. The van der Waals surface area contributed by atoms with Crippen molar-refractivity contribution in [2.24, 2.45) is 0 Å². The molecule has 3 atom stereocenters. The van der Waals surface area contributed by atoms with Crippen molar-refractivity contribution in [2.45, 2.75) is 30.7 Å². The van der Waals surface area contributed by atoms with Crippen LogP contribution in [-0.4, -0.2) is 67.6 Å². The Morgan fingerprint density at radius 2 is 2.00 bits per heavy atom. The number of hydrogen-bond acceptors (Lipinski definition) is 5. The highest BCUT2D eigenvalue weighted by Crippen LogP contribution is 2.22. The summed E-state index contributed by atoms with van der Waals surface area (Å²) in [6.07, 6.45) is 0.755. The molecule has 1 fully saturated rings. The highest BCUT2D eigenvalue weighted by atomic mass is 32.2. The first-order valence-corrected chi connectivity index (χ1v) is 7.39. The summed E-state index contributed by atoms with van der Waals surface area (Å²) in [5.74, 6) is -1.84. The van der Waals surface area contributed by atoms with Crippen LogP contribution in [0, 0.1) is 0 Å². The Hall–Kier alpha value is -1.15. The lowest BCUT2D eigenvalue weighted by Gasteiger charge is -2.23. The summed E-state index contributed by atoms with van der Waals surface area (Å²) in [5, 5.41) is 7.79. The number of likely N-dealkylation sites (tertiary alicyclic amines) is 1. The number of amides is 1. The number of aliphatic carboxylic acids is 1. The van der Waals surface area contributed by atoms with Crippen molar-refractivity contribution >= 4 is 21.7 Å². The van der Waals surface area contributed by atoms with Gasteiger partial charge in [-0.15, -0.1) is 0 Å². The Morgan fingerprint density at radius 1 is 1.44 bits per heavy atom. The molecule has 0 aromatic carbocycles. The molecule has 1 amide bonds. The van der Waals surface area contributed by atoms with E-state index in [-0.39, 0.29) is 19.1 Å². The van der Waals surface area contributed by atoms with Gasteiger partial charge in [-0.2, -0.15) is 0 Å². The van der Waals surface area contributed by atoms with Crippen molar-refractivity contribution < 1.29 is 27.9 Å². The van der Waals surface area contributed by atoms with Crippen LogP contribution < -0.4 is 0 Å². The Bertz CT molecular complexity index is 445. The zero-order chi connectivity index (χ0) is 14.1. The third-order valence-corrected chi connectivity index (χ3v) is 4.64. The first kappa shape index (κ1) is 14.9. The predicted molar refractivity (Wildman–Crippen MR) is 62.9 cm³/mol. The second-order valence-corrected chi connectivity index (χ2v) is 6.78.